The molecule has 0 aliphatic carbocycles. The van der Waals surface area contributed by atoms with Crippen LogP contribution >= 0.6 is 0 Å². The lowest BCUT2D eigenvalue weighted by molar-refractivity contribution is 0.310. The summed E-state index contributed by atoms with van der Waals surface area (Å²) in [5.41, 5.74) is 12.9. The second-order valence-electron chi connectivity index (χ2n) is 8.34. The largest absolute Gasteiger partial charge is 0.474 e. The molecule has 0 amide bonds. The van der Waals surface area contributed by atoms with E-state index in [1.807, 2.05) is 19.1 Å². The van der Waals surface area contributed by atoms with E-state index in [9.17, 15) is 8.42 Å². The number of nitrogen functional groups attached to an aromatic ring is 1. The normalized spacial score (nSPS) is 13.1. The van der Waals surface area contributed by atoms with Crippen molar-refractivity contribution >= 4 is 43.8 Å². The fraction of sp³-hybridized carbons (Fsp3) is 0.208. The molecule has 0 atom stereocenters. The maximum Gasteiger partial charge on any atom is 0.237 e. The summed E-state index contributed by atoms with van der Waals surface area (Å²) in [7, 11) is -3.09. The van der Waals surface area contributed by atoms with Crippen molar-refractivity contribution in [3.05, 3.63) is 59.9 Å². The summed E-state index contributed by atoms with van der Waals surface area (Å²) in [6.45, 7) is 3.35. The molecule has 0 unspecified atom stereocenters. The third kappa shape index (κ3) is 4.44. The highest BCUT2D eigenvalue weighted by Gasteiger charge is 2.18. The molecule has 34 heavy (non-hydrogen) atoms. The van der Waals surface area contributed by atoms with Crippen molar-refractivity contribution in [2.24, 2.45) is 0 Å². The van der Waals surface area contributed by atoms with Crippen molar-refractivity contribution in [1.82, 2.24) is 15.0 Å². The van der Waals surface area contributed by atoms with Crippen LogP contribution in [-0.4, -0.2) is 42.8 Å². The van der Waals surface area contributed by atoms with Gasteiger partial charge in [0.05, 0.1) is 11.3 Å². The summed E-state index contributed by atoms with van der Waals surface area (Å²) in [6.07, 6.45) is 4.70. The molecule has 0 radical (unpaired) electrons. The van der Waals surface area contributed by atoms with Gasteiger partial charge in [0.15, 0.2) is 9.84 Å². The standard InChI is InChI=1S/C24H24N6O3S/c1-14-18(11-27-23-22(14)26-7-8-33-23)16-9-20(25)19-12-28-24(30-21(19)10-16)29-17-5-3-15(4-6-17)13-34(2,31)32/h3-6,9-12,26H,7-8,13,25H2,1-2H3,(H,28,29,30). The second kappa shape index (κ2) is 8.45. The predicted octanol–water partition coefficient (Wildman–Crippen LogP) is 3.67. The Labute approximate surface area is 197 Å². The molecule has 2 aromatic carbocycles. The minimum absolute atomic E-state index is 0.000417. The van der Waals surface area contributed by atoms with Crippen molar-refractivity contribution in [2.75, 3.05) is 35.8 Å². The number of hydrogen-bond acceptors (Lipinski definition) is 9. The molecule has 174 valence electrons. The Hall–Kier alpha value is -3.92. The third-order valence-electron chi connectivity index (χ3n) is 5.63. The van der Waals surface area contributed by atoms with E-state index in [-0.39, 0.29) is 5.75 Å². The molecule has 4 N–H and O–H groups in total. The highest BCUT2D eigenvalue weighted by molar-refractivity contribution is 7.89. The van der Waals surface area contributed by atoms with Gasteiger partial charge >= 0.3 is 0 Å². The van der Waals surface area contributed by atoms with E-state index in [1.54, 1.807) is 36.7 Å². The molecule has 0 spiro atoms. The first-order chi connectivity index (χ1) is 16.3. The Morgan fingerprint density at radius 2 is 1.94 bits per heavy atom. The molecule has 0 saturated heterocycles. The number of nitrogens with zero attached hydrogens (tertiary/aromatic N) is 3. The number of hydrogen-bond donors (Lipinski definition) is 3. The number of sulfone groups is 1. The van der Waals surface area contributed by atoms with Crippen LogP contribution in [0.4, 0.5) is 23.0 Å². The number of anilines is 4. The van der Waals surface area contributed by atoms with Gasteiger partial charge in [0.2, 0.25) is 11.8 Å². The van der Waals surface area contributed by atoms with Gasteiger partial charge < -0.3 is 21.1 Å². The number of nitrogens with one attached hydrogen (secondary N) is 2. The van der Waals surface area contributed by atoms with E-state index in [4.69, 9.17) is 10.5 Å². The minimum atomic E-state index is -3.09. The number of nitrogens with two attached hydrogens (primary N) is 1. The van der Waals surface area contributed by atoms with Crippen LogP contribution < -0.4 is 21.1 Å². The lowest BCUT2D eigenvalue weighted by Gasteiger charge is -2.21. The number of benzene rings is 2. The van der Waals surface area contributed by atoms with Crippen molar-refractivity contribution < 1.29 is 13.2 Å². The highest BCUT2D eigenvalue weighted by Crippen LogP contribution is 2.37. The first-order valence-electron chi connectivity index (χ1n) is 10.7. The topological polar surface area (TPSA) is 132 Å². The summed E-state index contributed by atoms with van der Waals surface area (Å²) in [5.74, 6) is 1.02. The summed E-state index contributed by atoms with van der Waals surface area (Å²) in [4.78, 5) is 13.5. The predicted molar refractivity (Wildman–Crippen MR) is 134 cm³/mol. The summed E-state index contributed by atoms with van der Waals surface area (Å²) < 4.78 is 28.6. The highest BCUT2D eigenvalue weighted by atomic mass is 32.2. The number of pyridine rings is 1. The molecule has 1 aliphatic heterocycles. The molecular weight excluding hydrogens is 452 g/mol. The van der Waals surface area contributed by atoms with Crippen molar-refractivity contribution in [3.8, 4) is 17.0 Å². The van der Waals surface area contributed by atoms with Crippen LogP contribution in [-0.2, 0) is 15.6 Å². The first kappa shape index (κ1) is 21.9. The fourth-order valence-corrected chi connectivity index (χ4v) is 4.80. The molecule has 9 nitrogen and oxygen atoms in total. The molecule has 4 aromatic rings. The lowest BCUT2D eigenvalue weighted by atomic mass is 9.99. The Morgan fingerprint density at radius 3 is 2.71 bits per heavy atom. The minimum Gasteiger partial charge on any atom is -0.474 e. The molecule has 3 heterocycles. The number of ether oxygens (including phenoxy) is 1. The second-order valence-corrected chi connectivity index (χ2v) is 10.5. The average Bonchev–Trinajstić information content (AvgIpc) is 2.79. The van der Waals surface area contributed by atoms with Crippen LogP contribution in [0.2, 0.25) is 0 Å². The fourth-order valence-electron chi connectivity index (χ4n) is 4.01. The van der Waals surface area contributed by atoms with Crippen LogP contribution in [0.3, 0.4) is 0 Å². The van der Waals surface area contributed by atoms with E-state index in [0.29, 0.717) is 29.6 Å². The van der Waals surface area contributed by atoms with Gasteiger partial charge in [0.25, 0.3) is 0 Å². The molecule has 0 fully saturated rings. The molecule has 5 rings (SSSR count). The Bertz CT molecular complexity index is 1500. The van der Waals surface area contributed by atoms with Gasteiger partial charge in [-0.3, -0.25) is 0 Å². The van der Waals surface area contributed by atoms with E-state index < -0.39 is 9.84 Å². The van der Waals surface area contributed by atoms with Gasteiger partial charge in [-0.2, -0.15) is 0 Å². The molecule has 1 aliphatic rings. The van der Waals surface area contributed by atoms with Crippen molar-refractivity contribution in [2.45, 2.75) is 12.7 Å². The Balaban J connectivity index is 1.47. The van der Waals surface area contributed by atoms with Gasteiger partial charge in [-0.05, 0) is 47.9 Å². The van der Waals surface area contributed by atoms with Gasteiger partial charge in [-0.25, -0.2) is 23.4 Å². The van der Waals surface area contributed by atoms with Crippen LogP contribution in [0.15, 0.2) is 48.8 Å². The number of fused-ring (bicyclic) bond motifs is 2. The van der Waals surface area contributed by atoms with Crippen LogP contribution in [0, 0.1) is 6.92 Å². The van der Waals surface area contributed by atoms with Crippen LogP contribution in [0.5, 0.6) is 5.88 Å². The lowest BCUT2D eigenvalue weighted by Crippen LogP contribution is -2.20. The summed E-state index contributed by atoms with van der Waals surface area (Å²) in [6, 6.07) is 11.0. The molecule has 2 aromatic heterocycles. The smallest absolute Gasteiger partial charge is 0.237 e. The molecule has 0 bridgehead atoms. The molecular formula is C24H24N6O3S. The van der Waals surface area contributed by atoms with Crippen molar-refractivity contribution in [3.63, 3.8) is 0 Å². The maximum absolute atomic E-state index is 11.5. The van der Waals surface area contributed by atoms with E-state index in [2.05, 4.69) is 25.6 Å². The van der Waals surface area contributed by atoms with Crippen molar-refractivity contribution in [1.29, 1.82) is 0 Å². The SMILES string of the molecule is Cc1c(-c2cc(N)c3cnc(Nc4ccc(CS(C)(=O)=O)cc4)nc3c2)cnc2c1NCCO2. The van der Waals surface area contributed by atoms with Crippen LogP contribution in [0.1, 0.15) is 11.1 Å². The van der Waals surface area contributed by atoms with Gasteiger partial charge in [-0.1, -0.05) is 12.1 Å². The van der Waals surface area contributed by atoms with Crippen LogP contribution in [0.25, 0.3) is 22.0 Å². The monoisotopic (exact) mass is 476 g/mol. The maximum atomic E-state index is 11.5. The van der Waals surface area contributed by atoms with Gasteiger partial charge in [-0.15, -0.1) is 0 Å². The third-order valence-corrected chi connectivity index (χ3v) is 6.49. The zero-order valence-electron chi connectivity index (χ0n) is 18.8. The quantitative estimate of drug-likeness (QED) is 0.369. The van der Waals surface area contributed by atoms with E-state index in [1.165, 1.54) is 6.26 Å². The van der Waals surface area contributed by atoms with Gasteiger partial charge in [0, 0.05) is 47.5 Å². The Kier molecular flexibility index (Phi) is 5.45. The van der Waals surface area contributed by atoms with E-state index in [0.717, 1.165) is 45.6 Å². The Morgan fingerprint density at radius 1 is 1.15 bits per heavy atom. The summed E-state index contributed by atoms with van der Waals surface area (Å²) >= 11 is 0. The first-order valence-corrected chi connectivity index (χ1v) is 12.8. The zero-order valence-corrected chi connectivity index (χ0v) is 19.6. The number of aromatic nitrogens is 3. The number of rotatable bonds is 5. The van der Waals surface area contributed by atoms with E-state index >= 15 is 0 Å². The molecule has 10 heteroatoms. The summed E-state index contributed by atoms with van der Waals surface area (Å²) in [5, 5.41) is 7.28. The molecule has 0 saturated carbocycles. The van der Waals surface area contributed by atoms with Gasteiger partial charge in [0.1, 0.15) is 12.3 Å². The average molecular weight is 477 g/mol. The zero-order chi connectivity index (χ0) is 23.9.